The Labute approximate surface area is 114 Å². The molecular formula is C6H12CaO8. The number of carboxylic acid groups (broad SMARTS) is 1. The molecule has 9 heteroatoms. The van der Waals surface area contributed by atoms with E-state index in [9.17, 15) is 9.59 Å². The number of aliphatic hydroxyl groups is 4. The zero-order valence-corrected chi connectivity index (χ0v) is 9.91. The van der Waals surface area contributed by atoms with Crippen LogP contribution in [0.15, 0.2) is 0 Å². The van der Waals surface area contributed by atoms with Crippen molar-refractivity contribution in [3.8, 4) is 0 Å². The summed E-state index contributed by atoms with van der Waals surface area (Å²) in [5.74, 6) is -3.56. The van der Waals surface area contributed by atoms with Gasteiger partial charge in [0.05, 0.1) is 6.61 Å². The van der Waals surface area contributed by atoms with E-state index in [1.54, 1.807) is 0 Å². The first-order chi connectivity index (χ1) is 5.91. The average Bonchev–Trinajstić information content (AvgIpc) is 2.12. The molecular weight excluding hydrogens is 240 g/mol. The van der Waals surface area contributed by atoms with Crippen molar-refractivity contribution in [3.63, 3.8) is 0 Å². The van der Waals surface area contributed by atoms with Gasteiger partial charge in [0.25, 0.3) is 5.78 Å². The Bertz CT molecular complexity index is 207. The fourth-order valence-corrected chi connectivity index (χ4v) is 0.600. The van der Waals surface area contributed by atoms with E-state index in [1.807, 2.05) is 0 Å². The van der Waals surface area contributed by atoms with Crippen molar-refractivity contribution in [2.75, 3.05) is 6.61 Å². The Morgan fingerprint density at radius 3 is 1.80 bits per heavy atom. The first kappa shape index (κ1) is 20.6. The summed E-state index contributed by atoms with van der Waals surface area (Å²) in [6, 6.07) is 0. The normalized spacial score (nSPS) is 15.2. The Morgan fingerprint density at radius 2 is 1.53 bits per heavy atom. The minimum Gasteiger partial charge on any atom is -0.475 e. The first-order valence-corrected chi connectivity index (χ1v) is 3.34. The van der Waals surface area contributed by atoms with Gasteiger partial charge in [0, 0.05) is 37.7 Å². The third-order valence-corrected chi connectivity index (χ3v) is 1.38. The van der Waals surface area contributed by atoms with E-state index in [0.717, 1.165) is 0 Å². The van der Waals surface area contributed by atoms with Gasteiger partial charge in [0.15, 0.2) is 6.10 Å². The summed E-state index contributed by atoms with van der Waals surface area (Å²) >= 11 is 0. The van der Waals surface area contributed by atoms with Crippen molar-refractivity contribution in [2.45, 2.75) is 18.3 Å². The van der Waals surface area contributed by atoms with Crippen LogP contribution in [0.5, 0.6) is 0 Å². The number of carboxylic acids is 1. The molecule has 0 saturated heterocycles. The van der Waals surface area contributed by atoms with Crippen molar-refractivity contribution in [1.29, 1.82) is 0 Å². The summed E-state index contributed by atoms with van der Waals surface area (Å²) in [6.07, 6.45) is -5.99. The minimum absolute atomic E-state index is 0. The van der Waals surface area contributed by atoms with Crippen LogP contribution in [0.3, 0.4) is 0 Å². The third kappa shape index (κ3) is 6.38. The quantitative estimate of drug-likeness (QED) is 0.243. The van der Waals surface area contributed by atoms with Crippen LogP contribution in [0.4, 0.5) is 0 Å². The molecule has 0 aromatic rings. The molecule has 0 spiro atoms. The van der Waals surface area contributed by atoms with E-state index in [4.69, 9.17) is 25.5 Å². The minimum atomic E-state index is -2.24. The van der Waals surface area contributed by atoms with Gasteiger partial charge in [-0.25, -0.2) is 4.79 Å². The van der Waals surface area contributed by atoms with Gasteiger partial charge < -0.3 is 31.0 Å². The van der Waals surface area contributed by atoms with Crippen molar-refractivity contribution in [3.05, 3.63) is 0 Å². The number of carbonyl (C=O) groups excluding carboxylic acids is 1. The Hall–Kier alpha value is 0.200. The summed E-state index contributed by atoms with van der Waals surface area (Å²) in [5.41, 5.74) is 0. The third-order valence-electron chi connectivity index (χ3n) is 1.38. The molecule has 0 aromatic carbocycles. The zero-order valence-electron chi connectivity index (χ0n) is 7.70. The maximum absolute atomic E-state index is 10.5. The molecule has 15 heavy (non-hydrogen) atoms. The van der Waals surface area contributed by atoms with Crippen molar-refractivity contribution in [1.82, 2.24) is 0 Å². The van der Waals surface area contributed by atoms with Crippen LogP contribution in [0.1, 0.15) is 0 Å². The van der Waals surface area contributed by atoms with Gasteiger partial charge in [-0.05, 0) is 0 Å². The molecule has 0 bridgehead atoms. The molecule has 3 atom stereocenters. The van der Waals surface area contributed by atoms with E-state index >= 15 is 0 Å². The van der Waals surface area contributed by atoms with Gasteiger partial charge in [-0.15, -0.1) is 0 Å². The molecule has 0 aliphatic heterocycles. The number of carbonyl (C=O) groups is 2. The van der Waals surface area contributed by atoms with Gasteiger partial charge >= 0.3 is 5.97 Å². The largest absolute Gasteiger partial charge is 0.475 e. The predicted octanol–water partition coefficient (Wildman–Crippen LogP) is -4.49. The number of ketones is 1. The Morgan fingerprint density at radius 1 is 1.13 bits per heavy atom. The molecule has 86 valence electrons. The standard InChI is InChI=1S/C6H10O7.Ca.H2O/c7-1-2(8)3(9)4(10)5(11)6(12)13;;/h2-4,7-10H,1H2,(H,12,13);;1H2/t2-,3-,4+;;/m1../s1. The molecule has 0 amide bonds. The number of aliphatic carboxylic acids is 1. The topological polar surface area (TPSA) is 167 Å². The van der Waals surface area contributed by atoms with E-state index in [0.29, 0.717) is 0 Å². The van der Waals surface area contributed by atoms with Crippen LogP contribution in [-0.2, 0) is 9.59 Å². The molecule has 8 nitrogen and oxygen atoms in total. The van der Waals surface area contributed by atoms with Gasteiger partial charge in [0.2, 0.25) is 0 Å². The van der Waals surface area contributed by atoms with Crippen LogP contribution >= 0.6 is 0 Å². The first-order valence-electron chi connectivity index (χ1n) is 3.34. The molecule has 2 radical (unpaired) electrons. The second-order valence-corrected chi connectivity index (χ2v) is 2.35. The molecule has 0 heterocycles. The van der Waals surface area contributed by atoms with Crippen LogP contribution in [0, 0.1) is 0 Å². The van der Waals surface area contributed by atoms with Gasteiger partial charge in [-0.3, -0.25) is 4.79 Å². The second-order valence-electron chi connectivity index (χ2n) is 2.35. The van der Waals surface area contributed by atoms with Crippen LogP contribution in [-0.4, -0.2) is 105 Å². The van der Waals surface area contributed by atoms with Crippen LogP contribution in [0.25, 0.3) is 0 Å². The second kappa shape index (κ2) is 9.43. The zero-order chi connectivity index (χ0) is 10.6. The molecule has 0 fully saturated rings. The van der Waals surface area contributed by atoms with E-state index < -0.39 is 36.7 Å². The van der Waals surface area contributed by atoms with E-state index in [1.165, 1.54) is 0 Å². The smallest absolute Gasteiger partial charge is 0.375 e. The van der Waals surface area contributed by atoms with Crippen molar-refractivity contribution >= 4 is 49.5 Å². The fraction of sp³-hybridized carbons (Fsp3) is 0.667. The van der Waals surface area contributed by atoms with Crippen molar-refractivity contribution < 1.29 is 40.6 Å². The average molecular weight is 252 g/mol. The summed E-state index contributed by atoms with van der Waals surface area (Å²) in [5, 5.41) is 42.8. The summed E-state index contributed by atoms with van der Waals surface area (Å²) in [7, 11) is 0. The SMILES string of the molecule is O.O=C(O)C(=O)[C@@H](O)[C@H](O)[C@H](O)CO.[Ca]. The number of aliphatic hydroxyl groups excluding tert-OH is 4. The molecule has 0 unspecified atom stereocenters. The maximum atomic E-state index is 10.5. The molecule has 0 rings (SSSR count). The van der Waals surface area contributed by atoms with Gasteiger partial charge in [-0.2, -0.15) is 0 Å². The molecule has 7 N–H and O–H groups in total. The number of Topliss-reactive ketones (excluding diaryl/α,β-unsaturated/α-hetero) is 1. The van der Waals surface area contributed by atoms with Crippen molar-refractivity contribution in [2.24, 2.45) is 0 Å². The molecule has 0 aromatic heterocycles. The number of rotatable bonds is 5. The van der Waals surface area contributed by atoms with E-state index in [-0.39, 0.29) is 43.2 Å². The Kier molecular flexibility index (Phi) is 12.9. The maximum Gasteiger partial charge on any atom is 0.375 e. The summed E-state index contributed by atoms with van der Waals surface area (Å²) in [6.45, 7) is -0.884. The predicted molar refractivity (Wildman–Crippen MR) is 47.1 cm³/mol. The number of hydrogen-bond donors (Lipinski definition) is 5. The summed E-state index contributed by atoms with van der Waals surface area (Å²) in [4.78, 5) is 20.5. The molecule has 0 aliphatic carbocycles. The van der Waals surface area contributed by atoms with E-state index in [2.05, 4.69) is 0 Å². The Balaban J connectivity index is -0.000000720. The fourth-order valence-electron chi connectivity index (χ4n) is 0.600. The molecule has 0 aliphatic rings. The molecule has 0 saturated carbocycles. The van der Waals surface area contributed by atoms with Crippen LogP contribution in [0.2, 0.25) is 0 Å². The monoisotopic (exact) mass is 252 g/mol. The van der Waals surface area contributed by atoms with Gasteiger partial charge in [0.1, 0.15) is 12.2 Å². The summed E-state index contributed by atoms with van der Waals surface area (Å²) < 4.78 is 0. The van der Waals surface area contributed by atoms with Gasteiger partial charge in [-0.1, -0.05) is 0 Å². The van der Waals surface area contributed by atoms with Crippen LogP contribution < -0.4 is 0 Å². The number of hydrogen-bond acceptors (Lipinski definition) is 6.